The summed E-state index contributed by atoms with van der Waals surface area (Å²) in [6.45, 7) is 2.49. The normalized spacial score (nSPS) is 17.1. The Morgan fingerprint density at radius 1 is 1.17 bits per heavy atom. The highest BCUT2D eigenvalue weighted by molar-refractivity contribution is 7.92. The lowest BCUT2D eigenvalue weighted by atomic mass is 10.2. The molecule has 1 N–H and O–H groups in total. The van der Waals surface area contributed by atoms with Gasteiger partial charge in [0.05, 0.1) is 11.9 Å². The van der Waals surface area contributed by atoms with E-state index in [2.05, 4.69) is 10.3 Å². The molecule has 0 amide bonds. The fraction of sp³-hybridized carbons (Fsp3) is 0.400. The van der Waals surface area contributed by atoms with Crippen molar-refractivity contribution in [3.8, 4) is 0 Å². The fourth-order valence-electron chi connectivity index (χ4n) is 3.23. The predicted octanol–water partition coefficient (Wildman–Crippen LogP) is 1.55. The van der Waals surface area contributed by atoms with Gasteiger partial charge in [0, 0.05) is 32.6 Å². The molecule has 0 atom stereocenters. The minimum Gasteiger partial charge on any atom is -0.318 e. The van der Waals surface area contributed by atoms with Crippen LogP contribution in [0, 0.1) is 0 Å². The summed E-state index contributed by atoms with van der Waals surface area (Å²) in [5.74, 6) is 0.875. The molecule has 0 bridgehead atoms. The van der Waals surface area contributed by atoms with Crippen LogP contribution in [0.2, 0.25) is 0 Å². The maximum absolute atomic E-state index is 13.2. The average Bonchev–Trinajstić information content (AvgIpc) is 3.04. The summed E-state index contributed by atoms with van der Waals surface area (Å²) in [7, 11) is -3.59. The van der Waals surface area contributed by atoms with Crippen LogP contribution in [-0.4, -0.2) is 31.1 Å². The van der Waals surface area contributed by atoms with Crippen molar-refractivity contribution in [1.29, 1.82) is 0 Å². The highest BCUT2D eigenvalue weighted by atomic mass is 35.5. The van der Waals surface area contributed by atoms with E-state index >= 15 is 0 Å². The van der Waals surface area contributed by atoms with E-state index in [0.717, 1.165) is 36.5 Å². The van der Waals surface area contributed by atoms with E-state index in [9.17, 15) is 8.42 Å². The van der Waals surface area contributed by atoms with E-state index in [0.29, 0.717) is 24.7 Å². The maximum Gasteiger partial charge on any atom is 0.281 e. The predicted molar refractivity (Wildman–Crippen MR) is 90.5 cm³/mol. The molecule has 1 aromatic heterocycles. The fourth-order valence-corrected chi connectivity index (χ4v) is 4.88. The molecule has 0 saturated carbocycles. The highest BCUT2D eigenvalue weighted by Crippen LogP contribution is 2.30. The number of aryl methyl sites for hydroxylation is 1. The van der Waals surface area contributed by atoms with Gasteiger partial charge >= 0.3 is 0 Å². The van der Waals surface area contributed by atoms with Gasteiger partial charge in [0.25, 0.3) is 10.0 Å². The van der Waals surface area contributed by atoms with Gasteiger partial charge in [-0.15, -0.1) is 12.4 Å². The zero-order valence-electron chi connectivity index (χ0n) is 12.6. The van der Waals surface area contributed by atoms with Gasteiger partial charge in [0.15, 0.2) is 5.03 Å². The van der Waals surface area contributed by atoms with Crippen molar-refractivity contribution in [3.63, 3.8) is 0 Å². The minimum absolute atomic E-state index is 0. The first-order valence-electron chi connectivity index (χ1n) is 7.54. The Balaban J connectivity index is 0.00000156. The van der Waals surface area contributed by atoms with Gasteiger partial charge in [0.1, 0.15) is 5.82 Å². The van der Waals surface area contributed by atoms with Crippen molar-refractivity contribution >= 4 is 28.1 Å². The molecule has 3 heterocycles. The Kier molecular flexibility index (Phi) is 4.35. The number of nitrogens with zero attached hydrogens (tertiary/aromatic N) is 3. The summed E-state index contributed by atoms with van der Waals surface area (Å²) in [5, 5.41) is 3.59. The zero-order valence-corrected chi connectivity index (χ0v) is 14.2. The van der Waals surface area contributed by atoms with Gasteiger partial charge < -0.3 is 9.88 Å². The third kappa shape index (κ3) is 2.62. The number of hydrogen-bond donors (Lipinski definition) is 1. The summed E-state index contributed by atoms with van der Waals surface area (Å²) in [6.07, 6.45) is 3.32. The number of aromatic nitrogens is 2. The molecule has 2 aliphatic rings. The van der Waals surface area contributed by atoms with Crippen LogP contribution < -0.4 is 9.62 Å². The Morgan fingerprint density at radius 2 is 2.00 bits per heavy atom. The van der Waals surface area contributed by atoms with E-state index < -0.39 is 10.0 Å². The van der Waals surface area contributed by atoms with Crippen LogP contribution in [0.15, 0.2) is 35.5 Å². The molecular weight excluding hydrogens is 336 g/mol. The monoisotopic (exact) mass is 354 g/mol. The third-order valence-electron chi connectivity index (χ3n) is 4.31. The number of imidazole rings is 1. The highest BCUT2D eigenvalue weighted by Gasteiger charge is 2.32. The zero-order chi connectivity index (χ0) is 15.2. The van der Waals surface area contributed by atoms with E-state index in [4.69, 9.17) is 0 Å². The molecule has 0 unspecified atom stereocenters. The Morgan fingerprint density at radius 3 is 2.87 bits per heavy atom. The van der Waals surface area contributed by atoms with Gasteiger partial charge in [-0.25, -0.2) is 4.98 Å². The number of rotatable bonds is 2. The largest absolute Gasteiger partial charge is 0.318 e. The van der Waals surface area contributed by atoms with Crippen LogP contribution in [0.25, 0.3) is 0 Å². The number of para-hydroxylation sites is 1. The summed E-state index contributed by atoms with van der Waals surface area (Å²) in [4.78, 5) is 4.28. The van der Waals surface area contributed by atoms with Crippen molar-refractivity contribution in [3.05, 3.63) is 41.9 Å². The smallest absolute Gasteiger partial charge is 0.281 e. The first-order valence-corrected chi connectivity index (χ1v) is 8.98. The summed E-state index contributed by atoms with van der Waals surface area (Å²) in [5.41, 5.74) is 1.77. The number of nitrogens with one attached hydrogen (secondary N) is 1. The van der Waals surface area contributed by atoms with Gasteiger partial charge in [-0.1, -0.05) is 18.2 Å². The molecule has 23 heavy (non-hydrogen) atoms. The van der Waals surface area contributed by atoms with Gasteiger partial charge in [-0.3, -0.25) is 4.31 Å². The molecule has 124 valence electrons. The van der Waals surface area contributed by atoms with Crippen LogP contribution in [-0.2, 0) is 29.5 Å². The number of anilines is 1. The van der Waals surface area contributed by atoms with E-state index in [-0.39, 0.29) is 12.4 Å². The van der Waals surface area contributed by atoms with Crippen LogP contribution in [0.4, 0.5) is 5.69 Å². The van der Waals surface area contributed by atoms with Crippen molar-refractivity contribution in [2.45, 2.75) is 31.0 Å². The summed E-state index contributed by atoms with van der Waals surface area (Å²) >= 11 is 0. The lowest BCUT2D eigenvalue weighted by molar-refractivity contribution is 0.572. The second-order valence-corrected chi connectivity index (χ2v) is 7.46. The SMILES string of the molecule is Cl.O=S(=O)(c1cnc2n1CCC2)N1CCNCc2ccccc21. The van der Waals surface area contributed by atoms with Gasteiger partial charge in [0.2, 0.25) is 0 Å². The molecule has 0 aliphatic carbocycles. The molecule has 0 spiro atoms. The van der Waals surface area contributed by atoms with Crippen LogP contribution in [0.1, 0.15) is 17.8 Å². The van der Waals surface area contributed by atoms with Crippen molar-refractivity contribution < 1.29 is 8.42 Å². The quantitative estimate of drug-likeness (QED) is 0.888. The average molecular weight is 355 g/mol. The molecule has 4 rings (SSSR count). The molecule has 2 aromatic rings. The molecule has 1 aromatic carbocycles. The minimum atomic E-state index is -3.59. The van der Waals surface area contributed by atoms with E-state index in [1.54, 1.807) is 0 Å². The van der Waals surface area contributed by atoms with Gasteiger partial charge in [-0.05, 0) is 18.1 Å². The third-order valence-corrected chi connectivity index (χ3v) is 6.12. The number of halogens is 1. The van der Waals surface area contributed by atoms with E-state index in [1.807, 2.05) is 28.8 Å². The van der Waals surface area contributed by atoms with Crippen LogP contribution in [0.3, 0.4) is 0 Å². The van der Waals surface area contributed by atoms with Crippen molar-refractivity contribution in [2.24, 2.45) is 0 Å². The summed E-state index contributed by atoms with van der Waals surface area (Å²) < 4.78 is 29.7. The first-order chi connectivity index (χ1) is 10.7. The van der Waals surface area contributed by atoms with Crippen LogP contribution >= 0.6 is 12.4 Å². The summed E-state index contributed by atoms with van der Waals surface area (Å²) in [6, 6.07) is 7.67. The molecule has 2 aliphatic heterocycles. The Labute approximate surface area is 142 Å². The Bertz CT molecular complexity index is 819. The first kappa shape index (κ1) is 16.3. The lowest BCUT2D eigenvalue weighted by Gasteiger charge is -2.24. The number of sulfonamides is 1. The molecule has 0 radical (unpaired) electrons. The topological polar surface area (TPSA) is 67.2 Å². The number of benzene rings is 1. The molecule has 8 heteroatoms. The Hall–Kier alpha value is -1.57. The molecule has 0 saturated heterocycles. The second-order valence-electron chi connectivity index (χ2n) is 5.65. The number of fused-ring (bicyclic) bond motifs is 2. The standard InChI is InChI=1S/C15H18N4O2S.ClH/c20-22(21,15-11-17-14-6-3-8-18(14)15)19-9-7-16-10-12-4-1-2-5-13(12)19;/h1-2,4-5,11,16H,3,6-10H2;1H. The second kappa shape index (κ2) is 6.14. The van der Waals surface area contributed by atoms with E-state index in [1.165, 1.54) is 10.5 Å². The molecule has 6 nitrogen and oxygen atoms in total. The van der Waals surface area contributed by atoms with Crippen molar-refractivity contribution in [2.75, 3.05) is 17.4 Å². The van der Waals surface area contributed by atoms with Crippen molar-refractivity contribution in [1.82, 2.24) is 14.9 Å². The molecular formula is C15H19ClN4O2S. The maximum atomic E-state index is 13.2. The lowest BCUT2D eigenvalue weighted by Crippen LogP contribution is -2.35. The number of hydrogen-bond acceptors (Lipinski definition) is 4. The van der Waals surface area contributed by atoms with Crippen LogP contribution in [0.5, 0.6) is 0 Å². The molecule has 0 fully saturated rings. The van der Waals surface area contributed by atoms with Gasteiger partial charge in [-0.2, -0.15) is 8.42 Å².